The highest BCUT2D eigenvalue weighted by Crippen LogP contribution is 2.27. The van der Waals surface area contributed by atoms with Crippen molar-refractivity contribution in [2.45, 2.75) is 12.2 Å². The van der Waals surface area contributed by atoms with Crippen molar-refractivity contribution in [2.75, 3.05) is 30.6 Å². The smallest absolute Gasteiger partial charge is 0.237 e. The number of hydrogen-bond donors (Lipinski definition) is 2. The first-order chi connectivity index (χ1) is 12.9. The lowest BCUT2D eigenvalue weighted by atomic mass is 10.3. The molecule has 0 aliphatic carbocycles. The van der Waals surface area contributed by atoms with Gasteiger partial charge in [0.25, 0.3) is 0 Å². The largest absolute Gasteiger partial charge is 0.497 e. The summed E-state index contributed by atoms with van der Waals surface area (Å²) in [7, 11) is 3.10. The molecule has 2 rings (SSSR count). The van der Waals surface area contributed by atoms with E-state index in [2.05, 4.69) is 10.6 Å². The van der Waals surface area contributed by atoms with E-state index in [1.807, 2.05) is 0 Å². The Morgan fingerprint density at radius 3 is 2.30 bits per heavy atom. The van der Waals surface area contributed by atoms with Crippen LogP contribution in [0.1, 0.15) is 6.92 Å². The number of hydrogen-bond acceptors (Lipinski definition) is 5. The molecule has 1 atom stereocenters. The number of ether oxygens (including phenoxy) is 2. The molecule has 2 aromatic rings. The SMILES string of the molecule is COc1ccc(NC(=O)CS[C@@H](C)C(=O)Nc2ccc(OC)c(Cl)c2)cc1. The van der Waals surface area contributed by atoms with Crippen molar-refractivity contribution in [3.05, 3.63) is 47.5 Å². The average molecular weight is 409 g/mol. The summed E-state index contributed by atoms with van der Waals surface area (Å²) < 4.78 is 10.2. The lowest BCUT2D eigenvalue weighted by molar-refractivity contribution is -0.115. The van der Waals surface area contributed by atoms with Crippen LogP contribution in [0, 0.1) is 0 Å². The molecule has 144 valence electrons. The topological polar surface area (TPSA) is 76.7 Å². The van der Waals surface area contributed by atoms with Crippen molar-refractivity contribution < 1.29 is 19.1 Å². The monoisotopic (exact) mass is 408 g/mol. The Balaban J connectivity index is 1.81. The molecular formula is C19H21ClN2O4S. The van der Waals surface area contributed by atoms with Crippen molar-refractivity contribution >= 4 is 46.6 Å². The maximum Gasteiger partial charge on any atom is 0.237 e. The third-order valence-corrected chi connectivity index (χ3v) is 5.07. The Bertz CT molecular complexity index is 799. The summed E-state index contributed by atoms with van der Waals surface area (Å²) in [5.41, 5.74) is 1.24. The predicted molar refractivity (Wildman–Crippen MR) is 110 cm³/mol. The van der Waals surface area contributed by atoms with Crippen LogP contribution in [0.3, 0.4) is 0 Å². The molecular weight excluding hydrogens is 388 g/mol. The zero-order valence-corrected chi connectivity index (χ0v) is 16.8. The molecule has 0 spiro atoms. The number of halogens is 1. The van der Waals surface area contributed by atoms with Gasteiger partial charge in [-0.15, -0.1) is 11.8 Å². The van der Waals surface area contributed by atoms with Crippen molar-refractivity contribution in [3.63, 3.8) is 0 Å². The second kappa shape index (κ2) is 10.1. The number of rotatable bonds is 8. The number of methoxy groups -OCH3 is 2. The first kappa shape index (κ1) is 20.9. The van der Waals surface area contributed by atoms with Crippen LogP contribution < -0.4 is 20.1 Å². The quantitative estimate of drug-likeness (QED) is 0.688. The highest BCUT2D eigenvalue weighted by molar-refractivity contribution is 8.01. The molecule has 0 unspecified atom stereocenters. The molecule has 2 aromatic carbocycles. The molecule has 0 bridgehead atoms. The van der Waals surface area contributed by atoms with Crippen molar-refractivity contribution in [2.24, 2.45) is 0 Å². The van der Waals surface area contributed by atoms with Gasteiger partial charge in [-0.2, -0.15) is 0 Å². The zero-order chi connectivity index (χ0) is 19.8. The van der Waals surface area contributed by atoms with Crippen molar-refractivity contribution in [1.82, 2.24) is 0 Å². The fourth-order valence-corrected chi connectivity index (χ4v) is 3.08. The highest BCUT2D eigenvalue weighted by Gasteiger charge is 2.16. The van der Waals surface area contributed by atoms with Gasteiger partial charge in [0.15, 0.2) is 0 Å². The summed E-state index contributed by atoms with van der Waals surface area (Å²) >= 11 is 7.29. The summed E-state index contributed by atoms with van der Waals surface area (Å²) in [6.07, 6.45) is 0. The molecule has 0 aliphatic rings. The van der Waals surface area contributed by atoms with Crippen LogP contribution >= 0.6 is 23.4 Å². The van der Waals surface area contributed by atoms with Crippen LogP contribution in [0.15, 0.2) is 42.5 Å². The van der Waals surface area contributed by atoms with Crippen molar-refractivity contribution in [3.8, 4) is 11.5 Å². The van der Waals surface area contributed by atoms with Gasteiger partial charge < -0.3 is 20.1 Å². The van der Waals surface area contributed by atoms with E-state index in [1.165, 1.54) is 18.9 Å². The summed E-state index contributed by atoms with van der Waals surface area (Å²) in [5, 5.41) is 5.56. The molecule has 0 aromatic heterocycles. The van der Waals surface area contributed by atoms with Gasteiger partial charge >= 0.3 is 0 Å². The average Bonchev–Trinajstić information content (AvgIpc) is 2.66. The van der Waals surface area contributed by atoms with E-state index in [-0.39, 0.29) is 17.6 Å². The zero-order valence-electron chi connectivity index (χ0n) is 15.2. The molecule has 2 N–H and O–H groups in total. The minimum absolute atomic E-state index is 0.157. The predicted octanol–water partition coefficient (Wildman–Crippen LogP) is 4.06. The summed E-state index contributed by atoms with van der Waals surface area (Å²) in [6.45, 7) is 1.74. The van der Waals surface area contributed by atoms with Gasteiger partial charge in [0, 0.05) is 11.4 Å². The van der Waals surface area contributed by atoms with Gasteiger partial charge in [-0.3, -0.25) is 9.59 Å². The summed E-state index contributed by atoms with van der Waals surface area (Å²) in [4.78, 5) is 24.3. The Morgan fingerprint density at radius 1 is 1.04 bits per heavy atom. The number of thioether (sulfide) groups is 1. The molecule has 27 heavy (non-hydrogen) atoms. The van der Waals surface area contributed by atoms with Crippen LogP contribution in [0.5, 0.6) is 11.5 Å². The molecule has 0 saturated carbocycles. The van der Waals surface area contributed by atoms with Crippen LogP contribution in [-0.4, -0.2) is 37.0 Å². The second-order valence-electron chi connectivity index (χ2n) is 5.57. The van der Waals surface area contributed by atoms with Crippen LogP contribution in [-0.2, 0) is 9.59 Å². The number of benzene rings is 2. The van der Waals surface area contributed by atoms with Crippen LogP contribution in [0.4, 0.5) is 11.4 Å². The van der Waals surface area contributed by atoms with Crippen LogP contribution in [0.25, 0.3) is 0 Å². The Kier molecular flexibility index (Phi) is 7.82. The number of amides is 2. The van der Waals surface area contributed by atoms with Crippen LogP contribution in [0.2, 0.25) is 5.02 Å². The molecule has 6 nitrogen and oxygen atoms in total. The number of carbonyl (C=O) groups excluding carboxylic acids is 2. The molecule has 2 amide bonds. The summed E-state index contributed by atoms with van der Waals surface area (Å²) in [6, 6.07) is 12.0. The Hall–Kier alpha value is -2.38. The van der Waals surface area contributed by atoms with Gasteiger partial charge in [0.2, 0.25) is 11.8 Å². The van der Waals surface area contributed by atoms with E-state index in [1.54, 1.807) is 56.5 Å². The van der Waals surface area contributed by atoms with E-state index < -0.39 is 5.25 Å². The lowest BCUT2D eigenvalue weighted by Gasteiger charge is -2.13. The molecule has 0 saturated heterocycles. The maximum absolute atomic E-state index is 12.3. The Labute approximate surface area is 167 Å². The van der Waals surface area contributed by atoms with E-state index in [4.69, 9.17) is 21.1 Å². The van der Waals surface area contributed by atoms with Gasteiger partial charge in [0.05, 0.1) is 30.2 Å². The third-order valence-electron chi connectivity index (χ3n) is 3.63. The molecule has 0 fully saturated rings. The fraction of sp³-hybridized carbons (Fsp3) is 0.263. The first-order valence-corrected chi connectivity index (χ1v) is 9.55. The van der Waals surface area contributed by atoms with E-state index in [0.29, 0.717) is 27.9 Å². The standard InChI is InChI=1S/C19H21ClN2O4S/c1-12(19(24)22-14-6-9-17(26-3)16(20)10-14)27-11-18(23)21-13-4-7-15(25-2)8-5-13/h4-10,12H,11H2,1-3H3,(H,21,23)(H,22,24)/t12-/m0/s1. The number of anilines is 2. The van der Waals surface area contributed by atoms with E-state index in [0.717, 1.165) is 0 Å². The van der Waals surface area contributed by atoms with Crippen molar-refractivity contribution in [1.29, 1.82) is 0 Å². The number of carbonyl (C=O) groups is 2. The fourth-order valence-electron chi connectivity index (χ4n) is 2.14. The minimum Gasteiger partial charge on any atom is -0.497 e. The molecule has 0 aliphatic heterocycles. The summed E-state index contributed by atoms with van der Waals surface area (Å²) in [5.74, 6) is 1.01. The maximum atomic E-state index is 12.3. The molecule has 8 heteroatoms. The van der Waals surface area contributed by atoms with E-state index >= 15 is 0 Å². The highest BCUT2D eigenvalue weighted by atomic mass is 35.5. The minimum atomic E-state index is -0.410. The molecule has 0 heterocycles. The first-order valence-electron chi connectivity index (χ1n) is 8.13. The Morgan fingerprint density at radius 2 is 1.70 bits per heavy atom. The second-order valence-corrected chi connectivity index (χ2v) is 7.30. The van der Waals surface area contributed by atoms with E-state index in [9.17, 15) is 9.59 Å². The van der Waals surface area contributed by atoms with Gasteiger partial charge in [-0.05, 0) is 49.4 Å². The van der Waals surface area contributed by atoms with Gasteiger partial charge in [-0.1, -0.05) is 11.6 Å². The molecule has 0 radical (unpaired) electrons. The van der Waals surface area contributed by atoms with Gasteiger partial charge in [0.1, 0.15) is 11.5 Å². The lowest BCUT2D eigenvalue weighted by Crippen LogP contribution is -2.25. The number of nitrogens with one attached hydrogen (secondary N) is 2. The van der Waals surface area contributed by atoms with Gasteiger partial charge in [-0.25, -0.2) is 0 Å². The third kappa shape index (κ3) is 6.37. The normalized spacial score (nSPS) is 11.4.